The summed E-state index contributed by atoms with van der Waals surface area (Å²) in [5.41, 5.74) is 2.99. The summed E-state index contributed by atoms with van der Waals surface area (Å²) in [6, 6.07) is 19.5. The molecule has 2 heterocycles. The van der Waals surface area contributed by atoms with Crippen molar-refractivity contribution in [2.75, 3.05) is 5.32 Å². The van der Waals surface area contributed by atoms with Gasteiger partial charge < -0.3 is 9.73 Å². The molecule has 2 atom stereocenters. The predicted molar refractivity (Wildman–Crippen MR) is 117 cm³/mol. The number of benzene rings is 2. The number of anilines is 1. The van der Waals surface area contributed by atoms with E-state index in [1.165, 1.54) is 10.3 Å². The number of hydrogen-bond acceptors (Lipinski definition) is 5. The van der Waals surface area contributed by atoms with Gasteiger partial charge in [0.2, 0.25) is 5.91 Å². The fraction of sp³-hybridized carbons (Fsp3) is 0.217. The van der Waals surface area contributed by atoms with Crippen LogP contribution in [-0.2, 0) is 11.2 Å². The zero-order valence-electron chi connectivity index (χ0n) is 16.4. The monoisotopic (exact) mass is 405 g/mol. The van der Waals surface area contributed by atoms with Crippen LogP contribution in [0.2, 0.25) is 0 Å². The summed E-state index contributed by atoms with van der Waals surface area (Å²) in [5.74, 6) is 0.728. The van der Waals surface area contributed by atoms with Crippen LogP contribution < -0.4 is 10.6 Å². The summed E-state index contributed by atoms with van der Waals surface area (Å²) in [6.07, 6.45) is 2.42. The van der Waals surface area contributed by atoms with E-state index in [4.69, 9.17) is 4.42 Å². The number of amides is 1. The van der Waals surface area contributed by atoms with Gasteiger partial charge in [0.1, 0.15) is 5.76 Å². The second-order valence-corrected chi connectivity index (χ2v) is 8.18. The highest BCUT2D eigenvalue weighted by Gasteiger charge is 2.17. The fourth-order valence-corrected chi connectivity index (χ4v) is 4.20. The van der Waals surface area contributed by atoms with Crippen molar-refractivity contribution < 1.29 is 9.21 Å². The van der Waals surface area contributed by atoms with Gasteiger partial charge in [-0.15, -0.1) is 11.3 Å². The van der Waals surface area contributed by atoms with Crippen LogP contribution in [0.3, 0.4) is 0 Å². The molecule has 0 spiro atoms. The number of rotatable bonds is 7. The first-order valence-electron chi connectivity index (χ1n) is 9.62. The van der Waals surface area contributed by atoms with Crippen molar-refractivity contribution in [3.05, 3.63) is 83.3 Å². The first kappa shape index (κ1) is 19.4. The minimum atomic E-state index is -0.350. The zero-order chi connectivity index (χ0) is 20.2. The quantitative estimate of drug-likeness (QED) is 0.446. The van der Waals surface area contributed by atoms with Crippen molar-refractivity contribution in [2.45, 2.75) is 32.4 Å². The Morgan fingerprint density at radius 1 is 1.07 bits per heavy atom. The van der Waals surface area contributed by atoms with Gasteiger partial charge in [-0.1, -0.05) is 24.3 Å². The molecule has 5 nitrogen and oxygen atoms in total. The van der Waals surface area contributed by atoms with Crippen LogP contribution in [0.4, 0.5) is 5.69 Å². The lowest BCUT2D eigenvalue weighted by molar-refractivity contribution is -0.118. The Kier molecular flexibility index (Phi) is 5.74. The molecule has 4 rings (SSSR count). The highest BCUT2D eigenvalue weighted by Crippen LogP contribution is 2.24. The van der Waals surface area contributed by atoms with E-state index in [0.717, 1.165) is 28.4 Å². The van der Waals surface area contributed by atoms with Gasteiger partial charge in [0, 0.05) is 12.1 Å². The van der Waals surface area contributed by atoms with E-state index in [9.17, 15) is 4.79 Å². The summed E-state index contributed by atoms with van der Waals surface area (Å²) in [4.78, 5) is 17.2. The third kappa shape index (κ3) is 4.72. The number of thiazole rings is 1. The van der Waals surface area contributed by atoms with Gasteiger partial charge in [-0.05, 0) is 55.8 Å². The molecule has 29 heavy (non-hydrogen) atoms. The maximum atomic E-state index is 12.5. The van der Waals surface area contributed by atoms with Crippen LogP contribution in [0.1, 0.15) is 36.2 Å². The van der Waals surface area contributed by atoms with Crippen molar-refractivity contribution in [3.63, 3.8) is 0 Å². The number of carbonyl (C=O) groups is 1. The van der Waals surface area contributed by atoms with Crippen LogP contribution in [0.25, 0.3) is 10.2 Å². The van der Waals surface area contributed by atoms with Crippen LogP contribution >= 0.6 is 11.3 Å². The van der Waals surface area contributed by atoms with Gasteiger partial charge in [-0.2, -0.15) is 0 Å². The summed E-state index contributed by atoms with van der Waals surface area (Å²) in [6.45, 7) is 3.82. The molecule has 6 heteroatoms. The highest BCUT2D eigenvalue weighted by molar-refractivity contribution is 7.18. The van der Waals surface area contributed by atoms with Crippen molar-refractivity contribution >= 4 is 33.1 Å². The van der Waals surface area contributed by atoms with Crippen molar-refractivity contribution in [1.29, 1.82) is 0 Å². The molecule has 1 amide bonds. The van der Waals surface area contributed by atoms with Crippen LogP contribution in [-0.4, -0.2) is 16.9 Å². The van der Waals surface area contributed by atoms with Crippen molar-refractivity contribution in [3.8, 4) is 0 Å². The Bertz CT molecular complexity index is 1050. The van der Waals surface area contributed by atoms with E-state index >= 15 is 0 Å². The number of carbonyl (C=O) groups excluding carboxylic acids is 1. The molecule has 0 saturated carbocycles. The zero-order valence-corrected chi connectivity index (χ0v) is 17.2. The lowest BCUT2D eigenvalue weighted by Gasteiger charge is -2.18. The molecule has 0 radical (unpaired) electrons. The number of aromatic nitrogens is 1. The third-order valence-electron chi connectivity index (χ3n) is 4.78. The Morgan fingerprint density at radius 3 is 2.59 bits per heavy atom. The minimum absolute atomic E-state index is 0.0399. The first-order valence-corrected chi connectivity index (χ1v) is 10.4. The molecule has 0 aliphatic heterocycles. The Labute approximate surface area is 173 Å². The predicted octanol–water partition coefficient (Wildman–Crippen LogP) is 5.16. The summed E-state index contributed by atoms with van der Waals surface area (Å²) in [5, 5.41) is 7.30. The van der Waals surface area contributed by atoms with Crippen molar-refractivity contribution in [1.82, 2.24) is 10.3 Å². The fourth-order valence-electron chi connectivity index (χ4n) is 3.20. The number of nitrogens with zero attached hydrogens (tertiary/aromatic N) is 1. The molecule has 0 saturated heterocycles. The smallest absolute Gasteiger partial charge is 0.241 e. The average Bonchev–Trinajstić information content (AvgIpc) is 3.39. The molecule has 0 aliphatic carbocycles. The molecule has 0 unspecified atom stereocenters. The highest BCUT2D eigenvalue weighted by atomic mass is 32.1. The van der Waals surface area contributed by atoms with E-state index in [0.29, 0.717) is 0 Å². The second kappa shape index (κ2) is 8.59. The molecule has 0 bridgehead atoms. The Morgan fingerprint density at radius 2 is 1.86 bits per heavy atom. The van der Waals surface area contributed by atoms with Crippen LogP contribution in [0.15, 0.2) is 71.3 Å². The Hall–Kier alpha value is -2.96. The van der Waals surface area contributed by atoms with E-state index < -0.39 is 0 Å². The molecule has 2 aromatic carbocycles. The van der Waals surface area contributed by atoms with Gasteiger partial charge in [0.15, 0.2) is 0 Å². The van der Waals surface area contributed by atoms with Crippen molar-refractivity contribution in [2.24, 2.45) is 0 Å². The van der Waals surface area contributed by atoms with Gasteiger partial charge in [0.25, 0.3) is 0 Å². The molecule has 2 aromatic heterocycles. The van der Waals surface area contributed by atoms with Gasteiger partial charge in [0.05, 0.1) is 33.6 Å². The second-order valence-electron chi connectivity index (χ2n) is 7.06. The minimum Gasteiger partial charge on any atom is -0.468 e. The first-order chi connectivity index (χ1) is 14.1. The maximum Gasteiger partial charge on any atom is 0.241 e. The molecule has 2 N–H and O–H groups in total. The average molecular weight is 406 g/mol. The molecule has 148 valence electrons. The molecular weight excluding hydrogens is 382 g/mol. The van der Waals surface area contributed by atoms with Gasteiger partial charge in [-0.3, -0.25) is 10.1 Å². The topological polar surface area (TPSA) is 67.2 Å². The van der Waals surface area contributed by atoms with Crippen LogP contribution in [0.5, 0.6) is 0 Å². The Balaban J connectivity index is 1.34. The number of para-hydroxylation sites is 1. The molecular formula is C23H23N3O2S. The van der Waals surface area contributed by atoms with E-state index in [1.807, 2.05) is 68.4 Å². The van der Waals surface area contributed by atoms with E-state index in [2.05, 4.69) is 21.7 Å². The maximum absolute atomic E-state index is 12.5. The van der Waals surface area contributed by atoms with Crippen LogP contribution in [0, 0.1) is 0 Å². The van der Waals surface area contributed by atoms with E-state index in [1.54, 1.807) is 17.6 Å². The number of hydrogen-bond donors (Lipinski definition) is 2. The largest absolute Gasteiger partial charge is 0.468 e. The molecule has 0 aliphatic rings. The molecule has 4 aromatic rings. The third-order valence-corrected chi connectivity index (χ3v) is 5.81. The number of fused-ring (bicyclic) bond motifs is 1. The number of furan rings is 1. The summed E-state index contributed by atoms with van der Waals surface area (Å²) < 4.78 is 6.58. The number of nitrogens with one attached hydrogen (secondary N) is 2. The standard InChI is InChI=1S/C23H23N3O2S/c1-15(20-7-5-13-28-20)24-16(2)23(27)25-18-11-9-17(10-12-18)14-22-26-19-6-3-4-8-21(19)29-22/h3-13,15-16,24H,14H2,1-2H3,(H,25,27)/t15-,16-/m1/s1. The lowest BCUT2D eigenvalue weighted by atomic mass is 10.1. The lowest BCUT2D eigenvalue weighted by Crippen LogP contribution is -2.39. The van der Waals surface area contributed by atoms with Gasteiger partial charge >= 0.3 is 0 Å². The SMILES string of the molecule is C[C@@H](N[C@H](C)c1ccco1)C(=O)Nc1ccc(Cc2nc3ccccc3s2)cc1. The summed E-state index contributed by atoms with van der Waals surface area (Å²) in [7, 11) is 0. The molecule has 0 fully saturated rings. The van der Waals surface area contributed by atoms with E-state index in [-0.39, 0.29) is 18.0 Å². The van der Waals surface area contributed by atoms with Gasteiger partial charge in [-0.25, -0.2) is 4.98 Å². The summed E-state index contributed by atoms with van der Waals surface area (Å²) >= 11 is 1.72. The normalized spacial score (nSPS) is 13.3.